The molecule has 2 aliphatic rings. The highest BCUT2D eigenvalue weighted by molar-refractivity contribution is 7.89. The zero-order chi connectivity index (χ0) is 20.4. The zero-order valence-electron chi connectivity index (χ0n) is 16.4. The third kappa shape index (κ3) is 5.42. The van der Waals surface area contributed by atoms with E-state index in [9.17, 15) is 13.2 Å². The van der Waals surface area contributed by atoms with Gasteiger partial charge in [0, 0.05) is 30.1 Å². The predicted octanol–water partition coefficient (Wildman–Crippen LogP) is 3.07. The maximum Gasteiger partial charge on any atom is 0.257 e. The molecule has 1 amide bonds. The molecule has 2 heterocycles. The first-order valence-electron chi connectivity index (χ1n) is 9.99. The Bertz CT molecular complexity index is 968. The van der Waals surface area contributed by atoms with Crippen molar-refractivity contribution in [3.05, 3.63) is 40.9 Å². The van der Waals surface area contributed by atoms with E-state index >= 15 is 0 Å². The average molecular weight is 435 g/mol. The molecule has 1 aromatic carbocycles. The van der Waals surface area contributed by atoms with Crippen LogP contribution >= 0.6 is 11.3 Å². The van der Waals surface area contributed by atoms with E-state index in [0.29, 0.717) is 16.6 Å². The quantitative estimate of drug-likeness (QED) is 0.699. The first-order valence-corrected chi connectivity index (χ1v) is 12.4. The van der Waals surface area contributed by atoms with E-state index in [4.69, 9.17) is 0 Å². The van der Waals surface area contributed by atoms with Crippen LogP contribution in [-0.4, -0.2) is 43.3 Å². The van der Waals surface area contributed by atoms with Crippen LogP contribution in [0, 0.1) is 5.92 Å². The number of carbonyl (C=O) groups is 1. The van der Waals surface area contributed by atoms with E-state index in [1.54, 1.807) is 0 Å². The number of nitrogens with one attached hydrogen (secondary N) is 2. The Balaban J connectivity index is 1.35. The van der Waals surface area contributed by atoms with Crippen molar-refractivity contribution in [2.24, 2.45) is 5.92 Å². The number of rotatable bonds is 7. The second-order valence-electron chi connectivity index (χ2n) is 8.00. The molecule has 1 aliphatic carbocycles. The van der Waals surface area contributed by atoms with E-state index in [1.807, 2.05) is 5.38 Å². The van der Waals surface area contributed by atoms with E-state index < -0.39 is 10.0 Å². The minimum atomic E-state index is -3.51. The van der Waals surface area contributed by atoms with Gasteiger partial charge in [-0.2, -0.15) is 0 Å². The second kappa shape index (κ2) is 8.51. The van der Waals surface area contributed by atoms with Gasteiger partial charge in [-0.1, -0.05) is 6.92 Å². The molecule has 1 atom stereocenters. The van der Waals surface area contributed by atoms with Gasteiger partial charge in [-0.15, -0.1) is 11.3 Å². The van der Waals surface area contributed by atoms with Gasteiger partial charge in [-0.25, -0.2) is 18.1 Å². The molecule has 9 heteroatoms. The fourth-order valence-electron chi connectivity index (χ4n) is 3.54. The van der Waals surface area contributed by atoms with Crippen LogP contribution in [0.3, 0.4) is 0 Å². The van der Waals surface area contributed by atoms with E-state index in [1.165, 1.54) is 48.4 Å². The molecule has 4 rings (SSSR count). The standard InChI is InChI=1S/C20H26N4O3S2/c1-14-3-2-10-24(11-14)12-17-13-28-20(21-17)22-19(25)15-4-8-18(9-5-15)29(26,27)23-16-6-7-16/h4-5,8-9,13-14,16,23H,2-3,6-7,10-12H2,1H3,(H,21,22,25). The molecule has 0 bridgehead atoms. The third-order valence-electron chi connectivity index (χ3n) is 5.22. The molecule has 0 radical (unpaired) electrons. The predicted molar refractivity (Wildman–Crippen MR) is 114 cm³/mol. The Morgan fingerprint density at radius 1 is 1.24 bits per heavy atom. The summed E-state index contributed by atoms with van der Waals surface area (Å²) in [6.07, 6.45) is 4.26. The van der Waals surface area contributed by atoms with Gasteiger partial charge < -0.3 is 0 Å². The minimum absolute atomic E-state index is 0.0511. The Morgan fingerprint density at radius 2 is 2.00 bits per heavy atom. The summed E-state index contributed by atoms with van der Waals surface area (Å²) in [5.41, 5.74) is 1.36. The van der Waals surface area contributed by atoms with Gasteiger partial charge in [0.05, 0.1) is 10.6 Å². The molecule has 1 aromatic heterocycles. The smallest absolute Gasteiger partial charge is 0.257 e. The van der Waals surface area contributed by atoms with Crippen LogP contribution in [-0.2, 0) is 16.6 Å². The monoisotopic (exact) mass is 434 g/mol. The Kier molecular flexibility index (Phi) is 6.00. The minimum Gasteiger partial charge on any atom is -0.298 e. The SMILES string of the molecule is CC1CCCN(Cc2csc(NC(=O)c3ccc(S(=O)(=O)NC4CC4)cc3)n2)C1. The summed E-state index contributed by atoms with van der Waals surface area (Å²) < 4.78 is 27.1. The third-order valence-corrected chi connectivity index (χ3v) is 7.57. The normalized spacial score (nSPS) is 20.5. The number of likely N-dealkylation sites (tertiary alicyclic amines) is 1. The number of benzene rings is 1. The molecule has 2 aromatic rings. The number of carbonyl (C=O) groups excluding carboxylic acids is 1. The van der Waals surface area contributed by atoms with Gasteiger partial charge >= 0.3 is 0 Å². The van der Waals surface area contributed by atoms with Crippen molar-refractivity contribution in [3.63, 3.8) is 0 Å². The van der Waals surface area contributed by atoms with Crippen molar-refractivity contribution in [1.82, 2.24) is 14.6 Å². The highest BCUT2D eigenvalue weighted by atomic mass is 32.2. The molecule has 29 heavy (non-hydrogen) atoms. The maximum absolute atomic E-state index is 12.5. The Labute approximate surface area is 175 Å². The van der Waals surface area contributed by atoms with Gasteiger partial charge in [-0.05, 0) is 62.4 Å². The summed E-state index contributed by atoms with van der Waals surface area (Å²) in [5.74, 6) is 0.421. The molecule has 1 unspecified atom stereocenters. The summed E-state index contributed by atoms with van der Waals surface area (Å²) >= 11 is 1.41. The lowest BCUT2D eigenvalue weighted by Crippen LogP contribution is -2.33. The summed E-state index contributed by atoms with van der Waals surface area (Å²) in [5, 5.41) is 5.35. The van der Waals surface area contributed by atoms with Crippen LogP contribution < -0.4 is 10.0 Å². The topological polar surface area (TPSA) is 91.4 Å². The molecule has 1 aliphatic heterocycles. The molecule has 1 saturated heterocycles. The van der Waals surface area contributed by atoms with E-state index in [-0.39, 0.29) is 16.8 Å². The number of thiazole rings is 1. The number of hydrogen-bond acceptors (Lipinski definition) is 6. The van der Waals surface area contributed by atoms with E-state index in [0.717, 1.165) is 38.2 Å². The Morgan fingerprint density at radius 3 is 2.69 bits per heavy atom. The van der Waals surface area contributed by atoms with Crippen LogP contribution in [0.5, 0.6) is 0 Å². The lowest BCUT2D eigenvalue weighted by atomic mass is 10.0. The molecule has 7 nitrogen and oxygen atoms in total. The summed E-state index contributed by atoms with van der Waals surface area (Å²) in [6.45, 7) is 5.26. The average Bonchev–Trinajstić information content (AvgIpc) is 3.38. The van der Waals surface area contributed by atoms with Gasteiger partial charge in [0.1, 0.15) is 0 Å². The summed E-state index contributed by atoms with van der Waals surface area (Å²) in [4.78, 5) is 19.6. The number of nitrogens with zero attached hydrogens (tertiary/aromatic N) is 2. The van der Waals surface area contributed by atoms with E-state index in [2.05, 4.69) is 26.8 Å². The van der Waals surface area contributed by atoms with Crippen molar-refractivity contribution in [2.75, 3.05) is 18.4 Å². The molecule has 2 fully saturated rings. The first kappa shape index (κ1) is 20.5. The van der Waals surface area contributed by atoms with Crippen LogP contribution in [0.2, 0.25) is 0 Å². The molecular formula is C20H26N4O3S2. The highest BCUT2D eigenvalue weighted by Crippen LogP contribution is 2.23. The maximum atomic E-state index is 12.5. The molecule has 2 N–H and O–H groups in total. The van der Waals surface area contributed by atoms with Gasteiger partial charge in [0.25, 0.3) is 5.91 Å². The number of aromatic nitrogens is 1. The number of amides is 1. The molecule has 156 valence electrons. The second-order valence-corrected chi connectivity index (χ2v) is 10.6. The molecule has 0 spiro atoms. The number of hydrogen-bond donors (Lipinski definition) is 2. The summed E-state index contributed by atoms with van der Waals surface area (Å²) in [7, 11) is -3.51. The fraction of sp³-hybridized carbons (Fsp3) is 0.500. The van der Waals surface area contributed by atoms with Crippen molar-refractivity contribution in [1.29, 1.82) is 0 Å². The number of sulfonamides is 1. The van der Waals surface area contributed by atoms with Gasteiger partial charge in [-0.3, -0.25) is 15.0 Å². The van der Waals surface area contributed by atoms with Crippen LogP contribution in [0.25, 0.3) is 0 Å². The molecule has 1 saturated carbocycles. The number of piperidine rings is 1. The lowest BCUT2D eigenvalue weighted by Gasteiger charge is -2.30. The van der Waals surface area contributed by atoms with Crippen molar-refractivity contribution < 1.29 is 13.2 Å². The first-order chi connectivity index (χ1) is 13.9. The van der Waals surface area contributed by atoms with Crippen LogP contribution in [0.4, 0.5) is 5.13 Å². The highest BCUT2D eigenvalue weighted by Gasteiger charge is 2.28. The van der Waals surface area contributed by atoms with Gasteiger partial charge in [0.2, 0.25) is 10.0 Å². The largest absolute Gasteiger partial charge is 0.298 e. The van der Waals surface area contributed by atoms with Gasteiger partial charge in [0.15, 0.2) is 5.13 Å². The van der Waals surface area contributed by atoms with Crippen LogP contribution in [0.15, 0.2) is 34.5 Å². The fourth-order valence-corrected chi connectivity index (χ4v) is 5.54. The van der Waals surface area contributed by atoms with Crippen molar-refractivity contribution in [3.8, 4) is 0 Å². The van der Waals surface area contributed by atoms with Crippen molar-refractivity contribution >= 4 is 32.4 Å². The summed E-state index contributed by atoms with van der Waals surface area (Å²) in [6, 6.07) is 6.03. The zero-order valence-corrected chi connectivity index (χ0v) is 18.1. The van der Waals surface area contributed by atoms with Crippen molar-refractivity contribution in [2.45, 2.75) is 50.1 Å². The Hall–Kier alpha value is -1.81. The van der Waals surface area contributed by atoms with Crippen LogP contribution in [0.1, 0.15) is 48.7 Å². The number of anilines is 1. The lowest BCUT2D eigenvalue weighted by molar-refractivity contribution is 0.102. The molecular weight excluding hydrogens is 408 g/mol.